The molecule has 0 radical (unpaired) electrons. The van der Waals surface area contributed by atoms with E-state index in [1.54, 1.807) is 37.6 Å². The zero-order chi connectivity index (χ0) is 34.1. The van der Waals surface area contributed by atoms with Gasteiger partial charge in [0.05, 0.1) is 29.1 Å². The lowest BCUT2D eigenvalue weighted by atomic mass is 10.1. The first kappa shape index (κ1) is 34.6. The molecule has 1 amide bonds. The summed E-state index contributed by atoms with van der Waals surface area (Å²) in [6.45, 7) is 6.53. The number of likely N-dealkylation sites (N-methyl/N-ethyl adjacent to an activating group) is 1. The van der Waals surface area contributed by atoms with Crippen molar-refractivity contribution < 1.29 is 27.2 Å². The summed E-state index contributed by atoms with van der Waals surface area (Å²) in [5.41, 5.74) is 4.92. The van der Waals surface area contributed by atoms with Gasteiger partial charge in [0.25, 0.3) is 10.1 Å². The van der Waals surface area contributed by atoms with Crippen molar-refractivity contribution in [3.63, 3.8) is 0 Å². The van der Waals surface area contributed by atoms with E-state index in [-0.39, 0.29) is 10.8 Å². The van der Waals surface area contributed by atoms with E-state index in [0.717, 1.165) is 27.7 Å². The van der Waals surface area contributed by atoms with Crippen molar-refractivity contribution in [3.8, 4) is 22.8 Å². The summed E-state index contributed by atoms with van der Waals surface area (Å²) in [6, 6.07) is 19.5. The van der Waals surface area contributed by atoms with Crippen LogP contribution in [-0.2, 0) is 22.0 Å². The van der Waals surface area contributed by atoms with E-state index >= 15 is 0 Å². The van der Waals surface area contributed by atoms with Crippen LogP contribution in [0.4, 0.5) is 17.3 Å². The first-order valence-corrected chi connectivity index (χ1v) is 15.9. The molecule has 0 spiro atoms. The zero-order valence-electron chi connectivity index (χ0n) is 26.9. The standard InChI is InChI=1S/C27H30N6O3.C7H8O3S/c1-6-26(34)29-22-15-21(24(35-5)16-25(22)36-14-13-32(2)3)31-27-28-12-11-20(30-27)19-17-33(4)23-10-8-7-9-18(19)23;1-6-2-4-7(5-3-6)11(8,9)10/h6-12,15-17H,1,13-14H2,2-5H3,(H,29,34)(H,28,30,31);2-5H,1H3,(H,8,9,10). The summed E-state index contributed by atoms with van der Waals surface area (Å²) >= 11 is 0. The maximum atomic E-state index is 12.1. The van der Waals surface area contributed by atoms with Gasteiger partial charge in [0.1, 0.15) is 18.1 Å². The fourth-order valence-electron chi connectivity index (χ4n) is 4.51. The second-order valence-electron chi connectivity index (χ2n) is 10.7. The molecule has 0 unspecified atom stereocenters. The van der Waals surface area contributed by atoms with Crippen LogP contribution in [0.3, 0.4) is 0 Å². The molecule has 0 atom stereocenters. The van der Waals surface area contributed by atoms with Crippen LogP contribution in [0.5, 0.6) is 11.5 Å². The van der Waals surface area contributed by atoms with Gasteiger partial charge in [-0.1, -0.05) is 42.5 Å². The number of para-hydroxylation sites is 1. The number of aromatic nitrogens is 3. The molecule has 2 heterocycles. The van der Waals surface area contributed by atoms with Crippen molar-refractivity contribution in [1.82, 2.24) is 19.4 Å². The van der Waals surface area contributed by atoms with Crippen molar-refractivity contribution in [2.24, 2.45) is 7.05 Å². The first-order valence-electron chi connectivity index (χ1n) is 14.5. The Kier molecular flexibility index (Phi) is 11.3. The van der Waals surface area contributed by atoms with Crippen LogP contribution in [0.1, 0.15) is 5.56 Å². The number of fused-ring (bicyclic) bond motifs is 1. The number of amides is 1. The highest BCUT2D eigenvalue weighted by atomic mass is 32.2. The van der Waals surface area contributed by atoms with Crippen LogP contribution in [0.2, 0.25) is 0 Å². The number of ether oxygens (including phenoxy) is 2. The minimum Gasteiger partial charge on any atom is -0.494 e. The predicted octanol–water partition coefficient (Wildman–Crippen LogP) is 5.69. The molecule has 13 heteroatoms. The molecule has 0 bridgehead atoms. The van der Waals surface area contributed by atoms with Crippen LogP contribution in [0.25, 0.3) is 22.2 Å². The van der Waals surface area contributed by atoms with Crippen LogP contribution in [0, 0.1) is 6.92 Å². The van der Waals surface area contributed by atoms with Gasteiger partial charge in [-0.3, -0.25) is 9.35 Å². The Morgan fingerprint density at radius 3 is 2.45 bits per heavy atom. The number of methoxy groups -OCH3 is 1. The maximum absolute atomic E-state index is 12.1. The number of hydrogen-bond donors (Lipinski definition) is 3. The normalized spacial score (nSPS) is 11.0. The molecule has 0 aliphatic rings. The Morgan fingerprint density at radius 1 is 1.06 bits per heavy atom. The van der Waals surface area contributed by atoms with Gasteiger partial charge >= 0.3 is 0 Å². The molecule has 0 saturated carbocycles. The molecule has 246 valence electrons. The fourth-order valence-corrected chi connectivity index (χ4v) is 4.99. The van der Waals surface area contributed by atoms with Crippen molar-refractivity contribution in [2.75, 3.05) is 45.0 Å². The van der Waals surface area contributed by atoms with Crippen LogP contribution in [0.15, 0.2) is 96.7 Å². The van der Waals surface area contributed by atoms with Crippen LogP contribution >= 0.6 is 0 Å². The largest absolute Gasteiger partial charge is 0.494 e. The number of nitrogens with zero attached hydrogens (tertiary/aromatic N) is 4. The first-order chi connectivity index (χ1) is 22.4. The Morgan fingerprint density at radius 2 is 1.79 bits per heavy atom. The molecule has 3 N–H and O–H groups in total. The fraction of sp³-hybridized carbons (Fsp3) is 0.206. The Balaban J connectivity index is 0.000000385. The number of rotatable bonds is 11. The topological polar surface area (TPSA) is 148 Å². The number of carbonyl (C=O) groups is 1. The van der Waals surface area contributed by atoms with Gasteiger partial charge in [0, 0.05) is 48.5 Å². The van der Waals surface area contributed by atoms with Crippen LogP contribution < -0.4 is 20.1 Å². The summed E-state index contributed by atoms with van der Waals surface area (Å²) in [6.07, 6.45) is 4.97. The van der Waals surface area contributed by atoms with E-state index in [2.05, 4.69) is 45.1 Å². The predicted molar refractivity (Wildman–Crippen MR) is 184 cm³/mol. The lowest BCUT2D eigenvalue weighted by molar-refractivity contribution is -0.111. The molecule has 0 saturated heterocycles. The van der Waals surface area contributed by atoms with Gasteiger partial charge in [0.2, 0.25) is 11.9 Å². The van der Waals surface area contributed by atoms with Crippen molar-refractivity contribution in [2.45, 2.75) is 11.8 Å². The molecule has 3 aromatic carbocycles. The third-order valence-electron chi connectivity index (χ3n) is 6.93. The monoisotopic (exact) mass is 658 g/mol. The molecular formula is C34H38N6O6S. The molecular weight excluding hydrogens is 620 g/mol. The van der Waals surface area contributed by atoms with Crippen molar-refractivity contribution >= 4 is 44.3 Å². The van der Waals surface area contributed by atoms with E-state index in [1.807, 2.05) is 51.2 Å². The quantitative estimate of drug-likeness (QED) is 0.119. The summed E-state index contributed by atoms with van der Waals surface area (Å²) in [5.74, 6) is 1.05. The smallest absolute Gasteiger partial charge is 0.294 e. The third kappa shape index (κ3) is 9.16. The Bertz CT molecular complexity index is 1970. The second-order valence-corrected chi connectivity index (χ2v) is 12.2. The molecule has 5 rings (SSSR count). The van der Waals surface area contributed by atoms with Gasteiger partial charge in [-0.05, 0) is 57.4 Å². The summed E-state index contributed by atoms with van der Waals surface area (Å²) in [5, 5.41) is 7.14. The molecule has 0 aliphatic carbocycles. The number of benzene rings is 3. The molecule has 47 heavy (non-hydrogen) atoms. The molecule has 2 aromatic heterocycles. The third-order valence-corrected chi connectivity index (χ3v) is 7.80. The average Bonchev–Trinajstić information content (AvgIpc) is 3.38. The number of aryl methyl sites for hydroxylation is 2. The summed E-state index contributed by atoms with van der Waals surface area (Å²) in [7, 11) is 3.49. The number of hydrogen-bond acceptors (Lipinski definition) is 9. The minimum atomic E-state index is -4.02. The maximum Gasteiger partial charge on any atom is 0.294 e. The zero-order valence-corrected chi connectivity index (χ0v) is 27.7. The van der Waals surface area contributed by atoms with Crippen molar-refractivity contribution in [3.05, 3.63) is 97.3 Å². The highest BCUT2D eigenvalue weighted by molar-refractivity contribution is 7.85. The molecule has 12 nitrogen and oxygen atoms in total. The second kappa shape index (κ2) is 15.4. The van der Waals surface area contributed by atoms with E-state index < -0.39 is 10.1 Å². The van der Waals surface area contributed by atoms with Gasteiger partial charge in [-0.15, -0.1) is 0 Å². The number of anilines is 3. The lowest BCUT2D eigenvalue weighted by Crippen LogP contribution is -2.20. The highest BCUT2D eigenvalue weighted by Gasteiger charge is 2.16. The SMILES string of the molecule is C=CC(=O)Nc1cc(Nc2nccc(-c3cn(C)c4ccccc34)n2)c(OC)cc1OCCN(C)C.Cc1ccc(S(=O)(=O)O)cc1. The van der Waals surface area contributed by atoms with E-state index in [9.17, 15) is 13.2 Å². The minimum absolute atomic E-state index is 0.0666. The molecule has 0 fully saturated rings. The van der Waals surface area contributed by atoms with Crippen LogP contribution in [-0.4, -0.2) is 72.7 Å². The van der Waals surface area contributed by atoms with E-state index in [1.165, 1.54) is 18.2 Å². The number of carbonyl (C=O) groups excluding carboxylic acids is 1. The van der Waals surface area contributed by atoms with Gasteiger partial charge in [-0.25, -0.2) is 9.97 Å². The van der Waals surface area contributed by atoms with E-state index in [4.69, 9.17) is 19.0 Å². The highest BCUT2D eigenvalue weighted by Crippen LogP contribution is 2.38. The summed E-state index contributed by atoms with van der Waals surface area (Å²) < 4.78 is 43.2. The summed E-state index contributed by atoms with van der Waals surface area (Å²) in [4.78, 5) is 23.2. The van der Waals surface area contributed by atoms with Crippen molar-refractivity contribution in [1.29, 1.82) is 0 Å². The molecule has 0 aliphatic heterocycles. The average molecular weight is 659 g/mol. The molecule has 5 aromatic rings. The number of nitrogens with one attached hydrogen (secondary N) is 2. The van der Waals surface area contributed by atoms with Gasteiger partial charge in [-0.2, -0.15) is 8.42 Å². The Labute approximate surface area is 274 Å². The van der Waals surface area contributed by atoms with Gasteiger partial charge in [0.15, 0.2) is 0 Å². The Hall–Kier alpha value is -5.24. The van der Waals surface area contributed by atoms with Gasteiger partial charge < -0.3 is 29.6 Å². The lowest BCUT2D eigenvalue weighted by Gasteiger charge is -2.18. The van der Waals surface area contributed by atoms with E-state index in [0.29, 0.717) is 42.0 Å².